The highest BCUT2D eigenvalue weighted by Gasteiger charge is 2.23. The molecule has 25 heavy (non-hydrogen) atoms. The van der Waals surface area contributed by atoms with Gasteiger partial charge in [0.05, 0.1) is 11.6 Å². The van der Waals surface area contributed by atoms with Gasteiger partial charge < -0.3 is 10.2 Å². The third-order valence-corrected chi connectivity index (χ3v) is 4.75. The summed E-state index contributed by atoms with van der Waals surface area (Å²) in [6.07, 6.45) is 5.10. The molecule has 0 unspecified atom stereocenters. The monoisotopic (exact) mass is 336 g/mol. The Hall–Kier alpha value is -2.96. The van der Waals surface area contributed by atoms with Crippen molar-refractivity contribution < 1.29 is 4.79 Å². The first-order valence-corrected chi connectivity index (χ1v) is 8.48. The summed E-state index contributed by atoms with van der Waals surface area (Å²) in [5.74, 6) is 0.915. The second-order valence-corrected chi connectivity index (χ2v) is 6.38. The van der Waals surface area contributed by atoms with E-state index in [1.165, 1.54) is 0 Å². The number of piperidine rings is 1. The van der Waals surface area contributed by atoms with E-state index < -0.39 is 0 Å². The van der Waals surface area contributed by atoms with Crippen LogP contribution in [-0.2, 0) is 0 Å². The predicted octanol–water partition coefficient (Wildman–Crippen LogP) is 2.06. The second kappa shape index (κ2) is 6.51. The number of benzene rings is 1. The summed E-state index contributed by atoms with van der Waals surface area (Å²) in [7, 11) is 0. The first-order chi connectivity index (χ1) is 12.2. The quantitative estimate of drug-likeness (QED) is 0.764. The zero-order valence-corrected chi connectivity index (χ0v) is 14.1. The maximum Gasteiger partial charge on any atom is 0.251 e. The number of aryl methyl sites for hydroxylation is 1. The summed E-state index contributed by atoms with van der Waals surface area (Å²) in [6, 6.07) is 7.86. The van der Waals surface area contributed by atoms with Crippen molar-refractivity contribution in [3.8, 4) is 0 Å². The predicted molar refractivity (Wildman–Crippen MR) is 95.6 cm³/mol. The van der Waals surface area contributed by atoms with E-state index >= 15 is 0 Å². The van der Waals surface area contributed by atoms with Crippen LogP contribution >= 0.6 is 0 Å². The van der Waals surface area contributed by atoms with E-state index in [0.29, 0.717) is 0 Å². The Kier molecular flexibility index (Phi) is 4.05. The van der Waals surface area contributed by atoms with Crippen LogP contribution < -0.4 is 10.2 Å². The molecule has 0 atom stereocenters. The van der Waals surface area contributed by atoms with Crippen molar-refractivity contribution >= 4 is 22.8 Å². The van der Waals surface area contributed by atoms with Crippen LogP contribution in [0.4, 0.5) is 5.82 Å². The van der Waals surface area contributed by atoms with E-state index in [1.54, 1.807) is 12.5 Å². The molecule has 1 amide bonds. The lowest BCUT2D eigenvalue weighted by atomic mass is 10.0. The smallest absolute Gasteiger partial charge is 0.251 e. The van der Waals surface area contributed by atoms with E-state index in [9.17, 15) is 4.79 Å². The number of fused-ring (bicyclic) bond motifs is 1. The largest absolute Gasteiger partial charge is 0.356 e. The average Bonchev–Trinajstić information content (AvgIpc) is 3.11. The molecule has 0 radical (unpaired) electrons. The Balaban J connectivity index is 1.41. The summed E-state index contributed by atoms with van der Waals surface area (Å²) in [5.41, 5.74) is 2.50. The van der Waals surface area contributed by atoms with Crippen LogP contribution in [0.5, 0.6) is 0 Å². The molecule has 4 rings (SSSR count). The van der Waals surface area contributed by atoms with E-state index in [-0.39, 0.29) is 11.9 Å². The van der Waals surface area contributed by atoms with Crippen molar-refractivity contribution in [2.45, 2.75) is 25.8 Å². The van der Waals surface area contributed by atoms with Crippen LogP contribution in [0.2, 0.25) is 0 Å². The number of nitrogens with zero attached hydrogens (tertiary/aromatic N) is 4. The zero-order chi connectivity index (χ0) is 17.2. The molecule has 0 aliphatic carbocycles. The van der Waals surface area contributed by atoms with Crippen molar-refractivity contribution in [3.05, 3.63) is 47.9 Å². The van der Waals surface area contributed by atoms with Gasteiger partial charge in [0.25, 0.3) is 5.91 Å². The molecule has 1 aliphatic rings. The van der Waals surface area contributed by atoms with E-state index in [0.717, 1.165) is 53.9 Å². The Bertz CT molecular complexity index is 897. The fourth-order valence-corrected chi connectivity index (χ4v) is 3.33. The third-order valence-electron chi connectivity index (χ3n) is 4.75. The van der Waals surface area contributed by atoms with E-state index in [2.05, 4.69) is 30.4 Å². The molecule has 1 fully saturated rings. The molecule has 7 heteroatoms. The maximum absolute atomic E-state index is 12.5. The Morgan fingerprint density at radius 1 is 1.24 bits per heavy atom. The van der Waals surface area contributed by atoms with Gasteiger partial charge in [-0.15, -0.1) is 0 Å². The minimum Gasteiger partial charge on any atom is -0.356 e. The second-order valence-electron chi connectivity index (χ2n) is 6.38. The first kappa shape index (κ1) is 15.6. The zero-order valence-electron chi connectivity index (χ0n) is 14.1. The minimum absolute atomic E-state index is 0.0100. The number of H-pyrrole nitrogens is 1. The van der Waals surface area contributed by atoms with Gasteiger partial charge in [-0.05, 0) is 31.4 Å². The SMILES string of the molecule is Cc1ccccc1C(=O)NC1CCN(c2ncnc3[nH]ncc23)CC1. The normalized spacial score (nSPS) is 15.5. The number of carbonyl (C=O) groups excluding carboxylic acids is 1. The Morgan fingerprint density at radius 2 is 2.04 bits per heavy atom. The number of hydrogen-bond donors (Lipinski definition) is 2. The molecule has 1 saturated heterocycles. The number of hydrogen-bond acceptors (Lipinski definition) is 5. The lowest BCUT2D eigenvalue weighted by molar-refractivity contribution is 0.0930. The summed E-state index contributed by atoms with van der Waals surface area (Å²) < 4.78 is 0. The number of nitrogens with one attached hydrogen (secondary N) is 2. The highest BCUT2D eigenvalue weighted by atomic mass is 16.1. The molecule has 0 spiro atoms. The molecule has 2 N–H and O–H groups in total. The van der Waals surface area contributed by atoms with Crippen molar-refractivity contribution in [3.63, 3.8) is 0 Å². The fourth-order valence-electron chi connectivity index (χ4n) is 3.33. The number of carbonyl (C=O) groups is 1. The van der Waals surface area contributed by atoms with Crippen molar-refractivity contribution in [1.82, 2.24) is 25.5 Å². The highest BCUT2D eigenvalue weighted by Crippen LogP contribution is 2.24. The molecule has 1 aromatic carbocycles. The Morgan fingerprint density at radius 3 is 2.84 bits per heavy atom. The minimum atomic E-state index is 0.0100. The number of rotatable bonds is 3. The van der Waals surface area contributed by atoms with Gasteiger partial charge in [-0.2, -0.15) is 5.10 Å². The van der Waals surface area contributed by atoms with Crippen LogP contribution in [-0.4, -0.2) is 45.2 Å². The summed E-state index contributed by atoms with van der Waals surface area (Å²) in [6.45, 7) is 3.65. The van der Waals surface area contributed by atoms with Crippen LogP contribution in [0.25, 0.3) is 11.0 Å². The van der Waals surface area contributed by atoms with Gasteiger partial charge in [0.2, 0.25) is 0 Å². The fraction of sp³-hybridized carbons (Fsp3) is 0.333. The first-order valence-electron chi connectivity index (χ1n) is 8.48. The Labute approximate surface area is 145 Å². The molecule has 128 valence electrons. The molecule has 3 aromatic rings. The van der Waals surface area contributed by atoms with Crippen LogP contribution in [0.3, 0.4) is 0 Å². The van der Waals surface area contributed by atoms with Crippen LogP contribution in [0.15, 0.2) is 36.8 Å². The standard InChI is InChI=1S/C18H20N6O/c1-12-4-2-3-5-14(12)18(25)22-13-6-8-24(9-7-13)17-15-10-21-23-16(15)19-11-20-17/h2-5,10-11,13H,6-9H2,1H3,(H,22,25)(H,19,20,21,23). The molecule has 2 aromatic heterocycles. The molecule has 0 saturated carbocycles. The average molecular weight is 336 g/mol. The molecular formula is C18H20N6O. The van der Waals surface area contributed by atoms with E-state index in [4.69, 9.17) is 0 Å². The van der Waals surface area contributed by atoms with Crippen LogP contribution in [0, 0.1) is 6.92 Å². The van der Waals surface area contributed by atoms with Crippen LogP contribution in [0.1, 0.15) is 28.8 Å². The topological polar surface area (TPSA) is 86.8 Å². The third kappa shape index (κ3) is 3.05. The highest BCUT2D eigenvalue weighted by molar-refractivity contribution is 5.95. The summed E-state index contributed by atoms with van der Waals surface area (Å²) in [4.78, 5) is 23.3. The number of amides is 1. The summed E-state index contributed by atoms with van der Waals surface area (Å²) >= 11 is 0. The number of aromatic amines is 1. The molecule has 3 heterocycles. The maximum atomic E-state index is 12.5. The van der Waals surface area contributed by atoms with Crippen molar-refractivity contribution in [2.75, 3.05) is 18.0 Å². The lowest BCUT2D eigenvalue weighted by Gasteiger charge is -2.33. The lowest BCUT2D eigenvalue weighted by Crippen LogP contribution is -2.45. The molecule has 7 nitrogen and oxygen atoms in total. The molecule has 1 aliphatic heterocycles. The van der Waals surface area contributed by atoms with Crippen molar-refractivity contribution in [2.24, 2.45) is 0 Å². The van der Waals surface area contributed by atoms with Gasteiger partial charge >= 0.3 is 0 Å². The van der Waals surface area contributed by atoms with Crippen molar-refractivity contribution in [1.29, 1.82) is 0 Å². The number of aromatic nitrogens is 4. The van der Waals surface area contributed by atoms with Gasteiger partial charge in [0, 0.05) is 24.7 Å². The van der Waals surface area contributed by atoms with Gasteiger partial charge in [-0.1, -0.05) is 18.2 Å². The summed E-state index contributed by atoms with van der Waals surface area (Å²) in [5, 5.41) is 11.0. The van der Waals surface area contributed by atoms with Gasteiger partial charge in [0.15, 0.2) is 5.65 Å². The van der Waals surface area contributed by atoms with E-state index in [1.807, 2.05) is 31.2 Å². The molecule has 0 bridgehead atoms. The van der Waals surface area contributed by atoms with Gasteiger partial charge in [-0.3, -0.25) is 9.89 Å². The van der Waals surface area contributed by atoms with Gasteiger partial charge in [0.1, 0.15) is 12.1 Å². The number of anilines is 1. The molecular weight excluding hydrogens is 316 g/mol. The van der Waals surface area contributed by atoms with Gasteiger partial charge in [-0.25, -0.2) is 9.97 Å².